The van der Waals surface area contributed by atoms with Crippen molar-refractivity contribution in [1.82, 2.24) is 20.3 Å². The molecule has 1 unspecified atom stereocenters. The Morgan fingerprint density at radius 1 is 1.45 bits per heavy atom. The first-order valence-corrected chi connectivity index (χ1v) is 8.06. The predicted molar refractivity (Wildman–Crippen MR) is 85.9 cm³/mol. The van der Waals surface area contributed by atoms with Crippen LogP contribution in [-0.4, -0.2) is 61.3 Å². The van der Waals surface area contributed by atoms with Gasteiger partial charge in [0.25, 0.3) is 0 Å². The van der Waals surface area contributed by atoms with Gasteiger partial charge in [0.15, 0.2) is 0 Å². The fourth-order valence-electron chi connectivity index (χ4n) is 3.11. The van der Waals surface area contributed by atoms with Crippen molar-refractivity contribution in [3.8, 4) is 0 Å². The normalized spacial score (nSPS) is 18.2. The standard InChI is InChI=1S/C16H28N4O2/c1-12-15(13(2)22-18-12)6-5-8-17-16(21)20-9-7-14(11-20)10-19(3)4/h14H,5-11H2,1-4H3,(H,17,21). The van der Waals surface area contributed by atoms with Crippen LogP contribution in [0.5, 0.6) is 0 Å². The number of rotatable bonds is 6. The van der Waals surface area contributed by atoms with Crippen LogP contribution in [0.3, 0.4) is 0 Å². The molecule has 22 heavy (non-hydrogen) atoms. The number of hydrogen-bond donors (Lipinski definition) is 1. The molecule has 2 amide bonds. The molecule has 1 aliphatic heterocycles. The van der Waals surface area contributed by atoms with E-state index in [0.29, 0.717) is 12.5 Å². The van der Waals surface area contributed by atoms with Crippen molar-refractivity contribution in [1.29, 1.82) is 0 Å². The van der Waals surface area contributed by atoms with Crippen LogP contribution in [0.25, 0.3) is 0 Å². The Labute approximate surface area is 132 Å². The maximum atomic E-state index is 12.1. The van der Waals surface area contributed by atoms with E-state index in [1.807, 2.05) is 18.7 Å². The molecule has 1 aromatic heterocycles. The van der Waals surface area contributed by atoms with Crippen molar-refractivity contribution < 1.29 is 9.32 Å². The van der Waals surface area contributed by atoms with Crippen LogP contribution >= 0.6 is 0 Å². The second kappa shape index (κ2) is 7.63. The molecule has 0 aliphatic carbocycles. The largest absolute Gasteiger partial charge is 0.361 e. The molecule has 124 valence electrons. The molecule has 0 radical (unpaired) electrons. The van der Waals surface area contributed by atoms with E-state index in [0.717, 1.165) is 50.4 Å². The smallest absolute Gasteiger partial charge is 0.317 e. The molecular formula is C16H28N4O2. The van der Waals surface area contributed by atoms with Crippen LogP contribution in [0.4, 0.5) is 4.79 Å². The van der Waals surface area contributed by atoms with Gasteiger partial charge in [-0.2, -0.15) is 0 Å². The summed E-state index contributed by atoms with van der Waals surface area (Å²) in [6, 6.07) is 0.0695. The highest BCUT2D eigenvalue weighted by atomic mass is 16.5. The summed E-state index contributed by atoms with van der Waals surface area (Å²) in [5.74, 6) is 1.48. The lowest BCUT2D eigenvalue weighted by molar-refractivity contribution is 0.205. The van der Waals surface area contributed by atoms with E-state index in [9.17, 15) is 4.79 Å². The third-order valence-electron chi connectivity index (χ3n) is 4.26. The van der Waals surface area contributed by atoms with Crippen LogP contribution in [0, 0.1) is 19.8 Å². The number of nitrogens with one attached hydrogen (secondary N) is 1. The first kappa shape index (κ1) is 16.8. The van der Waals surface area contributed by atoms with Gasteiger partial charge in [-0.3, -0.25) is 0 Å². The maximum absolute atomic E-state index is 12.1. The predicted octanol–water partition coefficient (Wildman–Crippen LogP) is 1.82. The number of urea groups is 1. The van der Waals surface area contributed by atoms with Crippen molar-refractivity contribution in [2.45, 2.75) is 33.1 Å². The Balaban J connectivity index is 1.66. The minimum absolute atomic E-state index is 0.0695. The zero-order valence-corrected chi connectivity index (χ0v) is 14.2. The molecule has 1 aliphatic rings. The quantitative estimate of drug-likeness (QED) is 0.814. The Bertz CT molecular complexity index is 479. The number of likely N-dealkylation sites (tertiary alicyclic amines) is 1. The first-order chi connectivity index (χ1) is 10.5. The molecule has 0 spiro atoms. The molecule has 1 aromatic rings. The molecule has 1 atom stereocenters. The molecule has 0 bridgehead atoms. The van der Waals surface area contributed by atoms with E-state index < -0.39 is 0 Å². The highest BCUT2D eigenvalue weighted by molar-refractivity contribution is 5.74. The van der Waals surface area contributed by atoms with Crippen molar-refractivity contribution >= 4 is 6.03 Å². The summed E-state index contributed by atoms with van der Waals surface area (Å²) >= 11 is 0. The average Bonchev–Trinajstić information content (AvgIpc) is 3.03. The number of carbonyl (C=O) groups is 1. The SMILES string of the molecule is Cc1noc(C)c1CCCNC(=O)N1CCC(CN(C)C)C1. The van der Waals surface area contributed by atoms with Gasteiger partial charge in [-0.1, -0.05) is 5.16 Å². The number of hydrogen-bond acceptors (Lipinski definition) is 4. The molecule has 6 heteroatoms. The number of carbonyl (C=O) groups excluding carboxylic acids is 1. The van der Waals surface area contributed by atoms with Gasteiger partial charge in [0.05, 0.1) is 5.69 Å². The van der Waals surface area contributed by atoms with Gasteiger partial charge in [0, 0.05) is 31.7 Å². The van der Waals surface area contributed by atoms with E-state index >= 15 is 0 Å². The topological polar surface area (TPSA) is 61.6 Å². The molecule has 1 saturated heterocycles. The van der Waals surface area contributed by atoms with E-state index in [2.05, 4.69) is 29.5 Å². The fourth-order valence-corrected chi connectivity index (χ4v) is 3.11. The molecule has 1 fully saturated rings. The van der Waals surface area contributed by atoms with Gasteiger partial charge in [-0.25, -0.2) is 4.79 Å². The van der Waals surface area contributed by atoms with Gasteiger partial charge in [0.2, 0.25) is 0 Å². The van der Waals surface area contributed by atoms with Crippen LogP contribution in [0.15, 0.2) is 4.52 Å². The van der Waals surface area contributed by atoms with E-state index in [-0.39, 0.29) is 6.03 Å². The van der Waals surface area contributed by atoms with Crippen molar-refractivity contribution in [3.63, 3.8) is 0 Å². The molecule has 2 rings (SSSR count). The molecule has 1 N–H and O–H groups in total. The summed E-state index contributed by atoms with van der Waals surface area (Å²) in [5.41, 5.74) is 2.12. The van der Waals surface area contributed by atoms with Gasteiger partial charge < -0.3 is 19.6 Å². The first-order valence-electron chi connectivity index (χ1n) is 8.06. The number of aryl methyl sites for hydroxylation is 2. The van der Waals surface area contributed by atoms with Crippen LogP contribution in [0.1, 0.15) is 29.9 Å². The summed E-state index contributed by atoms with van der Waals surface area (Å²) in [4.78, 5) is 16.3. The Morgan fingerprint density at radius 2 is 2.23 bits per heavy atom. The van der Waals surface area contributed by atoms with E-state index in [1.54, 1.807) is 0 Å². The molecule has 0 aromatic carbocycles. The zero-order chi connectivity index (χ0) is 16.1. The number of aromatic nitrogens is 1. The summed E-state index contributed by atoms with van der Waals surface area (Å²) in [6.07, 6.45) is 2.90. The lowest BCUT2D eigenvalue weighted by atomic mass is 10.1. The zero-order valence-electron chi connectivity index (χ0n) is 14.2. The summed E-state index contributed by atoms with van der Waals surface area (Å²) in [7, 11) is 4.16. The lowest BCUT2D eigenvalue weighted by Crippen LogP contribution is -2.39. The van der Waals surface area contributed by atoms with Gasteiger partial charge >= 0.3 is 6.03 Å². The summed E-state index contributed by atoms with van der Waals surface area (Å²) in [6.45, 7) is 7.37. The average molecular weight is 308 g/mol. The minimum Gasteiger partial charge on any atom is -0.361 e. The van der Waals surface area contributed by atoms with Gasteiger partial charge in [-0.05, 0) is 53.1 Å². The fraction of sp³-hybridized carbons (Fsp3) is 0.750. The highest BCUT2D eigenvalue weighted by Crippen LogP contribution is 2.17. The summed E-state index contributed by atoms with van der Waals surface area (Å²) in [5, 5.41) is 6.97. The van der Waals surface area contributed by atoms with Crippen molar-refractivity contribution in [2.75, 3.05) is 40.3 Å². The van der Waals surface area contributed by atoms with Crippen molar-refractivity contribution in [2.24, 2.45) is 5.92 Å². The van der Waals surface area contributed by atoms with Gasteiger partial charge in [0.1, 0.15) is 5.76 Å². The molecule has 0 saturated carbocycles. The van der Waals surface area contributed by atoms with Crippen LogP contribution in [-0.2, 0) is 6.42 Å². The highest BCUT2D eigenvalue weighted by Gasteiger charge is 2.26. The Hall–Kier alpha value is -1.56. The second-order valence-corrected chi connectivity index (χ2v) is 6.50. The minimum atomic E-state index is 0.0695. The summed E-state index contributed by atoms with van der Waals surface area (Å²) < 4.78 is 5.15. The number of amides is 2. The van der Waals surface area contributed by atoms with Gasteiger partial charge in [-0.15, -0.1) is 0 Å². The molecule has 2 heterocycles. The second-order valence-electron chi connectivity index (χ2n) is 6.50. The third-order valence-corrected chi connectivity index (χ3v) is 4.26. The maximum Gasteiger partial charge on any atom is 0.317 e. The monoisotopic (exact) mass is 308 g/mol. The molecular weight excluding hydrogens is 280 g/mol. The van der Waals surface area contributed by atoms with E-state index in [4.69, 9.17) is 4.52 Å². The third kappa shape index (κ3) is 4.47. The lowest BCUT2D eigenvalue weighted by Gasteiger charge is -2.19. The molecule has 6 nitrogen and oxygen atoms in total. The van der Waals surface area contributed by atoms with E-state index in [1.165, 1.54) is 5.56 Å². The van der Waals surface area contributed by atoms with Crippen molar-refractivity contribution in [3.05, 3.63) is 17.0 Å². The van der Waals surface area contributed by atoms with Crippen LogP contribution in [0.2, 0.25) is 0 Å². The van der Waals surface area contributed by atoms with Crippen LogP contribution < -0.4 is 5.32 Å². The Morgan fingerprint density at radius 3 is 2.86 bits per heavy atom. The number of nitrogens with zero attached hydrogens (tertiary/aromatic N) is 3. The Kier molecular flexibility index (Phi) is 5.83.